The summed E-state index contributed by atoms with van der Waals surface area (Å²) in [6.45, 7) is 3.72. The summed E-state index contributed by atoms with van der Waals surface area (Å²) in [5.41, 5.74) is 9.41. The van der Waals surface area contributed by atoms with Gasteiger partial charge in [-0.3, -0.25) is 18.5 Å². The molecule has 3 heterocycles. The molecule has 1 aromatic carbocycles. The van der Waals surface area contributed by atoms with E-state index in [1.165, 1.54) is 17.5 Å². The van der Waals surface area contributed by atoms with Crippen molar-refractivity contribution >= 4 is 38.4 Å². The van der Waals surface area contributed by atoms with Crippen molar-refractivity contribution in [2.45, 2.75) is 26.6 Å². The third-order valence-electron chi connectivity index (χ3n) is 4.99. The Kier molecular flexibility index (Phi) is 6.19. The summed E-state index contributed by atoms with van der Waals surface area (Å²) >= 11 is 1.18. The Hall–Kier alpha value is -3.28. The van der Waals surface area contributed by atoms with Gasteiger partial charge in [0.15, 0.2) is 0 Å². The number of aryl methyl sites for hydroxylation is 1. The van der Waals surface area contributed by atoms with Crippen LogP contribution in [0.5, 0.6) is 5.75 Å². The first-order valence-electron chi connectivity index (χ1n) is 9.95. The van der Waals surface area contributed by atoms with Crippen molar-refractivity contribution in [3.63, 3.8) is 0 Å². The number of carbonyl (C=O) groups is 1. The lowest BCUT2D eigenvalue weighted by Crippen LogP contribution is -2.12. The van der Waals surface area contributed by atoms with E-state index in [4.69, 9.17) is 14.7 Å². The molecule has 11 heteroatoms. The minimum absolute atomic E-state index is 0.195. The number of nitrogens with two attached hydrogens (primary N) is 1. The molecular weight excluding hydrogens is 464 g/mol. The summed E-state index contributed by atoms with van der Waals surface area (Å²) in [7, 11) is -3.60. The molecule has 4 aromatic rings. The normalized spacial score (nSPS) is 12.7. The van der Waals surface area contributed by atoms with Crippen molar-refractivity contribution in [2.24, 2.45) is 5.73 Å². The Morgan fingerprint density at radius 1 is 1.24 bits per heavy atom. The van der Waals surface area contributed by atoms with Crippen molar-refractivity contribution in [1.82, 2.24) is 14.5 Å². The fourth-order valence-corrected chi connectivity index (χ4v) is 4.67. The molecule has 0 spiro atoms. The lowest BCUT2D eigenvalue weighted by Gasteiger charge is -2.16. The molecule has 3 aromatic heterocycles. The first-order valence-corrected chi connectivity index (χ1v) is 12.6. The number of carbonyl (C=O) groups excluding carboxylic acids is 1. The maximum Gasteiger partial charge on any atom is 0.264 e. The predicted molar refractivity (Wildman–Crippen MR) is 125 cm³/mol. The molecule has 0 saturated carbocycles. The molecule has 172 valence electrons. The lowest BCUT2D eigenvalue weighted by atomic mass is 10.0. The minimum atomic E-state index is -3.60. The van der Waals surface area contributed by atoms with E-state index < -0.39 is 16.0 Å². The van der Waals surface area contributed by atoms with Crippen LogP contribution < -0.4 is 10.5 Å². The number of hydrogen-bond acceptors (Lipinski definition) is 8. The summed E-state index contributed by atoms with van der Waals surface area (Å²) in [5.74, 6) is -0.207. The largest absolute Gasteiger partial charge is 0.484 e. The molecule has 0 saturated heterocycles. The van der Waals surface area contributed by atoms with Crippen LogP contribution in [-0.2, 0) is 20.9 Å². The SMILES string of the molecule is Cc1ccccc1C(C)Oc1cc(-n2cnc3cnc(COS(C)(=O)=O)cc32)sc1C(N)=O. The molecule has 1 atom stereocenters. The second-order valence-corrected chi connectivity index (χ2v) is 10.2. The highest BCUT2D eigenvalue weighted by molar-refractivity contribution is 7.85. The molecule has 2 N–H and O–H groups in total. The number of imidazole rings is 1. The summed E-state index contributed by atoms with van der Waals surface area (Å²) < 4.78 is 35.3. The molecule has 9 nitrogen and oxygen atoms in total. The lowest BCUT2D eigenvalue weighted by molar-refractivity contribution is 0.0998. The summed E-state index contributed by atoms with van der Waals surface area (Å²) in [6, 6.07) is 11.3. The minimum Gasteiger partial charge on any atom is -0.484 e. The number of pyridine rings is 1. The Morgan fingerprint density at radius 2 is 2.00 bits per heavy atom. The first kappa shape index (κ1) is 22.9. The number of thiophene rings is 1. The Bertz CT molecular complexity index is 1440. The van der Waals surface area contributed by atoms with Crippen LogP contribution in [-0.4, -0.2) is 35.1 Å². The van der Waals surface area contributed by atoms with Crippen LogP contribution in [0.15, 0.2) is 48.9 Å². The van der Waals surface area contributed by atoms with Crippen LogP contribution in [0.25, 0.3) is 16.0 Å². The number of aromatic nitrogens is 3. The van der Waals surface area contributed by atoms with E-state index >= 15 is 0 Å². The van der Waals surface area contributed by atoms with Crippen molar-refractivity contribution in [2.75, 3.05) is 6.26 Å². The molecular formula is C22H22N4O5S2. The van der Waals surface area contributed by atoms with Gasteiger partial charge in [0, 0.05) is 6.07 Å². The number of ether oxygens (including phenoxy) is 1. The molecule has 1 unspecified atom stereocenters. The van der Waals surface area contributed by atoms with Gasteiger partial charge in [-0.25, -0.2) is 4.98 Å². The van der Waals surface area contributed by atoms with Crippen LogP contribution in [0.3, 0.4) is 0 Å². The van der Waals surface area contributed by atoms with Crippen molar-refractivity contribution in [1.29, 1.82) is 0 Å². The summed E-state index contributed by atoms with van der Waals surface area (Å²) in [4.78, 5) is 21.0. The molecule has 0 radical (unpaired) electrons. The molecule has 4 rings (SSSR count). The summed E-state index contributed by atoms with van der Waals surface area (Å²) in [5, 5.41) is 0.666. The van der Waals surface area contributed by atoms with Crippen molar-refractivity contribution in [3.8, 4) is 10.8 Å². The van der Waals surface area contributed by atoms with Crippen LogP contribution in [0.1, 0.15) is 39.5 Å². The van der Waals surface area contributed by atoms with Gasteiger partial charge in [-0.1, -0.05) is 24.3 Å². The van der Waals surface area contributed by atoms with Gasteiger partial charge < -0.3 is 10.5 Å². The van der Waals surface area contributed by atoms with Gasteiger partial charge in [0.1, 0.15) is 40.2 Å². The standard InChI is InChI=1S/C22H22N4O5S2/c1-13-6-4-5-7-16(13)14(2)31-19-9-20(32-21(19)22(23)27)26-12-25-17-10-24-15(8-18(17)26)11-30-33(3,28)29/h4-10,12,14H,11H2,1-3H3,(H2,23,27). The van der Waals surface area contributed by atoms with Crippen LogP contribution in [0, 0.1) is 6.92 Å². The molecule has 1 amide bonds. The Balaban J connectivity index is 1.69. The number of amides is 1. The zero-order valence-corrected chi connectivity index (χ0v) is 19.8. The van der Waals surface area contributed by atoms with Gasteiger partial charge in [-0.05, 0) is 31.0 Å². The van der Waals surface area contributed by atoms with Gasteiger partial charge >= 0.3 is 0 Å². The van der Waals surface area contributed by atoms with Crippen molar-refractivity contribution < 1.29 is 22.1 Å². The first-order chi connectivity index (χ1) is 15.6. The maximum absolute atomic E-state index is 12.1. The van der Waals surface area contributed by atoms with Gasteiger partial charge in [0.25, 0.3) is 16.0 Å². The molecule has 33 heavy (non-hydrogen) atoms. The molecule has 0 aliphatic rings. The number of fused-ring (bicyclic) bond motifs is 1. The smallest absolute Gasteiger partial charge is 0.264 e. The van der Waals surface area contributed by atoms with Crippen LogP contribution in [0.4, 0.5) is 0 Å². The van der Waals surface area contributed by atoms with E-state index in [0.717, 1.165) is 17.4 Å². The number of benzene rings is 1. The monoisotopic (exact) mass is 486 g/mol. The number of rotatable bonds is 8. The molecule has 0 aliphatic carbocycles. The number of primary amides is 1. The van der Waals surface area contributed by atoms with Gasteiger partial charge in [0.05, 0.1) is 23.7 Å². The zero-order valence-electron chi connectivity index (χ0n) is 18.2. The number of nitrogens with zero attached hydrogens (tertiary/aromatic N) is 3. The average molecular weight is 487 g/mol. The van der Waals surface area contributed by atoms with Gasteiger partial charge in [-0.2, -0.15) is 8.42 Å². The fourth-order valence-electron chi connectivity index (χ4n) is 3.41. The third-order valence-corrected chi connectivity index (χ3v) is 6.66. The highest BCUT2D eigenvalue weighted by Crippen LogP contribution is 2.36. The van der Waals surface area contributed by atoms with E-state index in [9.17, 15) is 13.2 Å². The Morgan fingerprint density at radius 3 is 2.70 bits per heavy atom. The third kappa shape index (κ3) is 5.05. The van der Waals surface area contributed by atoms with E-state index in [2.05, 4.69) is 9.97 Å². The van der Waals surface area contributed by atoms with Gasteiger partial charge in [0.2, 0.25) is 0 Å². The van der Waals surface area contributed by atoms with E-state index in [1.54, 1.807) is 23.0 Å². The van der Waals surface area contributed by atoms with Crippen LogP contribution >= 0.6 is 11.3 Å². The highest BCUT2D eigenvalue weighted by atomic mass is 32.2. The average Bonchev–Trinajstić information content (AvgIpc) is 3.35. The highest BCUT2D eigenvalue weighted by Gasteiger charge is 2.21. The van der Waals surface area contributed by atoms with Gasteiger partial charge in [-0.15, -0.1) is 11.3 Å². The topological polar surface area (TPSA) is 126 Å². The maximum atomic E-state index is 12.1. The fraction of sp³-hybridized carbons (Fsp3) is 0.227. The Labute approximate surface area is 194 Å². The van der Waals surface area contributed by atoms with E-state index in [1.807, 2.05) is 38.1 Å². The number of hydrogen-bond donors (Lipinski definition) is 1. The van der Waals surface area contributed by atoms with Crippen molar-refractivity contribution in [3.05, 3.63) is 70.6 Å². The second kappa shape index (κ2) is 8.93. The van der Waals surface area contributed by atoms with E-state index in [0.29, 0.717) is 32.4 Å². The van der Waals surface area contributed by atoms with E-state index in [-0.39, 0.29) is 12.7 Å². The molecule has 0 aliphatic heterocycles. The zero-order chi connectivity index (χ0) is 23.8. The predicted octanol–water partition coefficient (Wildman–Crippen LogP) is 3.51. The quantitative estimate of drug-likeness (QED) is 0.378. The van der Waals surface area contributed by atoms with Crippen LogP contribution in [0.2, 0.25) is 0 Å². The molecule has 0 fully saturated rings. The molecule has 0 bridgehead atoms. The summed E-state index contributed by atoms with van der Waals surface area (Å²) in [6.07, 6.45) is 3.81. The second-order valence-electron chi connectivity index (χ2n) is 7.50.